The van der Waals surface area contributed by atoms with E-state index in [0.717, 1.165) is 0 Å². The van der Waals surface area contributed by atoms with Crippen LogP contribution in [0.3, 0.4) is 0 Å². The van der Waals surface area contributed by atoms with E-state index < -0.39 is 0 Å². The zero-order valence-corrected chi connectivity index (χ0v) is 9.62. The van der Waals surface area contributed by atoms with Gasteiger partial charge >= 0.3 is 0 Å². The minimum absolute atomic E-state index is 0.0256. The van der Waals surface area contributed by atoms with Gasteiger partial charge in [-0.25, -0.2) is 0 Å². The minimum Gasteiger partial charge on any atom is -0.396 e. The molecule has 84 valence electrons. The first-order valence-corrected chi connectivity index (χ1v) is 4.98. The molecule has 3 atom stereocenters. The molecule has 0 aromatic heterocycles. The van der Waals surface area contributed by atoms with E-state index in [1.807, 2.05) is 32.8 Å². The highest BCUT2D eigenvalue weighted by Crippen LogP contribution is 2.16. The second-order valence-electron chi connectivity index (χ2n) is 4.31. The first kappa shape index (κ1) is 13.5. The predicted molar refractivity (Wildman–Crippen MR) is 59.7 cm³/mol. The topological polar surface area (TPSA) is 73.3 Å². The Morgan fingerprint density at radius 2 is 1.93 bits per heavy atom. The number of rotatable bonds is 6. The molecule has 4 nitrogen and oxygen atoms in total. The average Bonchev–Trinajstić information content (AvgIpc) is 2.01. The molecule has 0 rings (SSSR count). The number of nitrogens with zero attached hydrogens (tertiary/aromatic N) is 1. The second kappa shape index (κ2) is 6.11. The summed E-state index contributed by atoms with van der Waals surface area (Å²) >= 11 is 0. The molecule has 0 aliphatic carbocycles. The third-order valence-corrected chi connectivity index (χ3v) is 2.36. The zero-order chi connectivity index (χ0) is 11.3. The first-order valence-electron chi connectivity index (χ1n) is 4.98. The number of hydrogen-bond donors (Lipinski definition) is 3. The van der Waals surface area contributed by atoms with Crippen molar-refractivity contribution in [3.05, 3.63) is 0 Å². The fraction of sp³-hybridized carbons (Fsp3) is 0.900. The molecule has 0 aliphatic rings. The molecule has 1 unspecified atom stereocenters. The largest absolute Gasteiger partial charge is 0.396 e. The molecule has 0 amide bonds. The predicted octanol–water partition coefficient (Wildman–Crippen LogP) is 0.160. The van der Waals surface area contributed by atoms with Gasteiger partial charge in [-0.1, -0.05) is 6.92 Å². The number of nitrogens with one attached hydrogen (secondary N) is 1. The Bertz CT molecular complexity index is 180. The maximum absolute atomic E-state index is 9.07. The standard InChI is InChI=1S/C10H23N3O/c1-7(6-14)10(8(2)11)9(12)5-13(3)4/h7-8,10,12,14H,5-6,11H2,1-4H3/t7?,8-,10+/m1/s1. The number of aliphatic hydroxyl groups excluding tert-OH is 1. The summed E-state index contributed by atoms with van der Waals surface area (Å²) in [5.74, 6) is 0.0323. The van der Waals surface area contributed by atoms with Crippen molar-refractivity contribution in [3.8, 4) is 0 Å². The van der Waals surface area contributed by atoms with E-state index in [2.05, 4.69) is 0 Å². The van der Waals surface area contributed by atoms with Crippen LogP contribution in [0.4, 0.5) is 0 Å². The van der Waals surface area contributed by atoms with E-state index in [-0.39, 0.29) is 24.5 Å². The van der Waals surface area contributed by atoms with Gasteiger partial charge < -0.3 is 21.1 Å². The lowest BCUT2D eigenvalue weighted by Gasteiger charge is -2.28. The van der Waals surface area contributed by atoms with Gasteiger partial charge in [0.25, 0.3) is 0 Å². The molecule has 0 aliphatic heterocycles. The van der Waals surface area contributed by atoms with Crippen molar-refractivity contribution in [2.75, 3.05) is 27.2 Å². The van der Waals surface area contributed by atoms with Gasteiger partial charge in [0, 0.05) is 30.8 Å². The zero-order valence-electron chi connectivity index (χ0n) is 9.62. The molecule has 4 heteroatoms. The summed E-state index contributed by atoms with van der Waals surface area (Å²) in [5.41, 5.74) is 6.42. The van der Waals surface area contributed by atoms with Gasteiger partial charge in [-0.3, -0.25) is 0 Å². The van der Waals surface area contributed by atoms with Crippen LogP contribution in [0, 0.1) is 17.2 Å². The highest BCUT2D eigenvalue weighted by atomic mass is 16.3. The summed E-state index contributed by atoms with van der Waals surface area (Å²) in [5, 5.41) is 17.0. The highest BCUT2D eigenvalue weighted by Gasteiger charge is 2.25. The average molecular weight is 201 g/mol. The molecule has 0 radical (unpaired) electrons. The van der Waals surface area contributed by atoms with Crippen molar-refractivity contribution in [2.24, 2.45) is 17.6 Å². The lowest BCUT2D eigenvalue weighted by atomic mass is 9.84. The monoisotopic (exact) mass is 201 g/mol. The van der Waals surface area contributed by atoms with Crippen LogP contribution in [-0.4, -0.2) is 49.0 Å². The van der Waals surface area contributed by atoms with Gasteiger partial charge in [0.15, 0.2) is 0 Å². The highest BCUT2D eigenvalue weighted by molar-refractivity contribution is 5.86. The molecule has 14 heavy (non-hydrogen) atoms. The fourth-order valence-corrected chi connectivity index (χ4v) is 1.74. The molecular weight excluding hydrogens is 178 g/mol. The molecule has 0 aromatic carbocycles. The summed E-state index contributed by atoms with van der Waals surface area (Å²) in [7, 11) is 3.85. The van der Waals surface area contributed by atoms with Crippen molar-refractivity contribution in [1.29, 1.82) is 5.41 Å². The van der Waals surface area contributed by atoms with E-state index in [9.17, 15) is 0 Å². The summed E-state index contributed by atoms with van der Waals surface area (Å²) in [6.45, 7) is 4.51. The van der Waals surface area contributed by atoms with Crippen LogP contribution in [0.15, 0.2) is 0 Å². The van der Waals surface area contributed by atoms with Gasteiger partial charge in [0.1, 0.15) is 0 Å². The summed E-state index contributed by atoms with van der Waals surface area (Å²) < 4.78 is 0. The van der Waals surface area contributed by atoms with Crippen LogP contribution in [0.25, 0.3) is 0 Å². The van der Waals surface area contributed by atoms with E-state index in [4.69, 9.17) is 16.2 Å². The van der Waals surface area contributed by atoms with Gasteiger partial charge in [-0.05, 0) is 26.9 Å². The van der Waals surface area contributed by atoms with Gasteiger partial charge in [-0.2, -0.15) is 0 Å². The van der Waals surface area contributed by atoms with Crippen molar-refractivity contribution < 1.29 is 5.11 Å². The number of aliphatic hydroxyl groups is 1. The Morgan fingerprint density at radius 3 is 2.21 bits per heavy atom. The molecule has 0 spiro atoms. The van der Waals surface area contributed by atoms with E-state index >= 15 is 0 Å². The van der Waals surface area contributed by atoms with Crippen LogP contribution in [0.2, 0.25) is 0 Å². The number of nitrogens with two attached hydrogens (primary N) is 1. The minimum atomic E-state index is -0.0791. The van der Waals surface area contributed by atoms with E-state index in [0.29, 0.717) is 12.3 Å². The molecule has 0 aromatic rings. The van der Waals surface area contributed by atoms with Crippen LogP contribution in [0.1, 0.15) is 13.8 Å². The van der Waals surface area contributed by atoms with Gasteiger partial charge in [0.2, 0.25) is 0 Å². The van der Waals surface area contributed by atoms with Crippen molar-refractivity contribution in [3.63, 3.8) is 0 Å². The van der Waals surface area contributed by atoms with Crippen LogP contribution >= 0.6 is 0 Å². The van der Waals surface area contributed by atoms with Crippen molar-refractivity contribution in [1.82, 2.24) is 4.90 Å². The Labute approximate surface area is 86.6 Å². The molecule has 0 bridgehead atoms. The Kier molecular flexibility index (Phi) is 5.92. The third kappa shape index (κ3) is 4.17. The van der Waals surface area contributed by atoms with Crippen molar-refractivity contribution in [2.45, 2.75) is 19.9 Å². The Balaban J connectivity index is 4.41. The summed E-state index contributed by atoms with van der Waals surface area (Å²) in [4.78, 5) is 1.95. The van der Waals surface area contributed by atoms with E-state index in [1.165, 1.54) is 0 Å². The smallest absolute Gasteiger partial charge is 0.0463 e. The lowest BCUT2D eigenvalue weighted by molar-refractivity contribution is 0.201. The SMILES string of the molecule is CC(CO)[C@H](C(=N)CN(C)C)[C@@H](C)N. The molecule has 0 saturated carbocycles. The maximum Gasteiger partial charge on any atom is 0.0463 e. The van der Waals surface area contributed by atoms with E-state index in [1.54, 1.807) is 0 Å². The number of hydrogen-bond acceptors (Lipinski definition) is 4. The maximum atomic E-state index is 9.07. The third-order valence-electron chi connectivity index (χ3n) is 2.36. The molecular formula is C10H23N3O. The lowest BCUT2D eigenvalue weighted by Crippen LogP contribution is -2.42. The van der Waals surface area contributed by atoms with Gasteiger partial charge in [0.05, 0.1) is 0 Å². The Morgan fingerprint density at radius 1 is 1.43 bits per heavy atom. The summed E-state index contributed by atoms with van der Waals surface area (Å²) in [6.07, 6.45) is 0. The van der Waals surface area contributed by atoms with Gasteiger partial charge in [-0.15, -0.1) is 0 Å². The molecule has 0 fully saturated rings. The molecule has 0 saturated heterocycles. The normalized spacial score (nSPS) is 17.9. The van der Waals surface area contributed by atoms with Crippen molar-refractivity contribution >= 4 is 5.71 Å². The Hall–Kier alpha value is -0.450. The molecule has 4 N–H and O–H groups in total. The van der Waals surface area contributed by atoms with Crippen LogP contribution in [0.5, 0.6) is 0 Å². The summed E-state index contributed by atoms with van der Waals surface area (Å²) in [6, 6.07) is -0.0791. The second-order valence-corrected chi connectivity index (χ2v) is 4.31. The quantitative estimate of drug-likeness (QED) is 0.536. The van der Waals surface area contributed by atoms with Crippen LogP contribution < -0.4 is 5.73 Å². The fourth-order valence-electron chi connectivity index (χ4n) is 1.74. The molecule has 0 heterocycles. The first-order chi connectivity index (χ1) is 6.40. The van der Waals surface area contributed by atoms with Crippen LogP contribution in [-0.2, 0) is 0 Å².